The van der Waals surface area contributed by atoms with E-state index in [1.54, 1.807) is 13.8 Å². The Kier molecular flexibility index (Phi) is 7.97. The number of carbonyl (C=O) groups is 1. The van der Waals surface area contributed by atoms with Crippen LogP contribution in [-0.2, 0) is 8.62 Å². The first kappa shape index (κ1) is 17.0. The van der Waals surface area contributed by atoms with Crippen LogP contribution < -0.4 is 0 Å². The fourth-order valence-electron chi connectivity index (χ4n) is 1.19. The van der Waals surface area contributed by atoms with Gasteiger partial charge in [-0.2, -0.15) is 10.2 Å². The molecule has 2 rings (SSSR count). The first-order valence-corrected chi connectivity index (χ1v) is 7.12. The number of hydrogen-bond donors (Lipinski definition) is 0. The van der Waals surface area contributed by atoms with E-state index < -0.39 is 0 Å². The Hall–Kier alpha value is -2.01. The van der Waals surface area contributed by atoms with Crippen LogP contribution in [0, 0.1) is 5.92 Å². The zero-order chi connectivity index (χ0) is 15.5. The van der Waals surface area contributed by atoms with Crippen molar-refractivity contribution in [2.24, 2.45) is 16.1 Å². The molecule has 0 aliphatic heterocycles. The van der Waals surface area contributed by atoms with E-state index in [1.165, 1.54) is 0 Å². The molecule has 2 aromatic rings. The van der Waals surface area contributed by atoms with Crippen molar-refractivity contribution in [2.75, 3.05) is 0 Å². The highest BCUT2D eigenvalue weighted by atomic mass is 79.9. The van der Waals surface area contributed by atoms with Gasteiger partial charge >= 0.3 is 5.97 Å². The van der Waals surface area contributed by atoms with Gasteiger partial charge in [0.1, 0.15) is 0 Å². The van der Waals surface area contributed by atoms with Gasteiger partial charge in [0.2, 0.25) is 0 Å². The molecule has 0 radical (unpaired) electrons. The number of azo groups is 1. The molecular weight excluding hydrogens is 332 g/mol. The monoisotopic (exact) mass is 348 g/mol. The van der Waals surface area contributed by atoms with Crippen molar-refractivity contribution < 1.29 is 8.62 Å². The fraction of sp³-hybridized carbons (Fsp3) is 0.188. The third-order valence-corrected chi connectivity index (χ3v) is 2.66. The van der Waals surface area contributed by atoms with Gasteiger partial charge in [-0.15, -0.1) is 0 Å². The van der Waals surface area contributed by atoms with Crippen molar-refractivity contribution in [1.29, 1.82) is 0 Å². The lowest BCUT2D eigenvalue weighted by atomic mass is 10.2. The maximum absolute atomic E-state index is 10.2. The third kappa shape index (κ3) is 7.37. The lowest BCUT2D eigenvalue weighted by Gasteiger charge is -1.95. The number of nitrogens with zero attached hydrogens (tertiary/aromatic N) is 2. The smallest absolute Gasteiger partial charge is 0.319 e. The van der Waals surface area contributed by atoms with Crippen LogP contribution in [-0.4, -0.2) is 5.97 Å². The predicted octanol–water partition coefficient (Wildman–Crippen LogP) is 5.60. The summed E-state index contributed by atoms with van der Waals surface area (Å²) in [5.74, 6) is -0.278. The Morgan fingerprint density at radius 3 is 1.52 bits per heavy atom. The molecule has 0 fully saturated rings. The molecule has 0 aliphatic carbocycles. The van der Waals surface area contributed by atoms with Gasteiger partial charge < -0.3 is 3.83 Å². The quantitative estimate of drug-likeness (QED) is 0.678. The summed E-state index contributed by atoms with van der Waals surface area (Å²) in [5.41, 5.74) is 1.74. The van der Waals surface area contributed by atoms with Crippen molar-refractivity contribution in [2.45, 2.75) is 13.8 Å². The second-order valence-electron chi connectivity index (χ2n) is 4.42. The SMILES string of the molecule is CC(C)C(=O)OBr.c1ccc(N=Nc2ccccc2)cc1. The third-order valence-electron chi connectivity index (χ3n) is 2.34. The highest BCUT2D eigenvalue weighted by Gasteiger charge is 2.04. The lowest BCUT2D eigenvalue weighted by Crippen LogP contribution is -2.04. The van der Waals surface area contributed by atoms with E-state index >= 15 is 0 Å². The minimum atomic E-state index is -0.236. The first-order chi connectivity index (χ1) is 10.1. The minimum absolute atomic E-state index is 0.0422. The molecule has 5 heteroatoms. The van der Waals surface area contributed by atoms with Crippen LogP contribution >= 0.6 is 16.3 Å². The van der Waals surface area contributed by atoms with Crippen LogP contribution in [0.5, 0.6) is 0 Å². The maximum Gasteiger partial charge on any atom is 0.319 e. The van der Waals surface area contributed by atoms with Gasteiger partial charge in [0.25, 0.3) is 0 Å². The van der Waals surface area contributed by atoms with Gasteiger partial charge in [-0.3, -0.25) is 4.79 Å². The van der Waals surface area contributed by atoms with E-state index in [0.717, 1.165) is 11.4 Å². The second kappa shape index (κ2) is 9.83. The molecule has 4 nitrogen and oxygen atoms in total. The average molecular weight is 349 g/mol. The van der Waals surface area contributed by atoms with Gasteiger partial charge in [-0.1, -0.05) is 50.2 Å². The maximum atomic E-state index is 10.2. The largest absolute Gasteiger partial charge is 0.383 e. The van der Waals surface area contributed by atoms with E-state index in [1.807, 2.05) is 60.7 Å². The van der Waals surface area contributed by atoms with Crippen molar-refractivity contribution in [3.05, 3.63) is 60.7 Å². The van der Waals surface area contributed by atoms with Gasteiger partial charge in [0, 0.05) is 0 Å². The zero-order valence-corrected chi connectivity index (χ0v) is 13.5. The minimum Gasteiger partial charge on any atom is -0.383 e. The number of hydrogen-bond acceptors (Lipinski definition) is 4. The summed E-state index contributed by atoms with van der Waals surface area (Å²) in [6, 6.07) is 19.4. The fourth-order valence-corrected chi connectivity index (χ4v) is 1.57. The number of halogens is 1. The van der Waals surface area contributed by atoms with Crippen molar-refractivity contribution >= 4 is 33.6 Å². The molecule has 0 aliphatic rings. The number of benzene rings is 2. The van der Waals surface area contributed by atoms with Crippen LogP contribution in [0.4, 0.5) is 11.4 Å². The summed E-state index contributed by atoms with van der Waals surface area (Å²) in [7, 11) is 0. The normalized spacial score (nSPS) is 10.1. The average Bonchev–Trinajstić information content (AvgIpc) is 2.54. The molecule has 0 amide bonds. The van der Waals surface area contributed by atoms with Crippen molar-refractivity contribution in [3.63, 3.8) is 0 Å². The lowest BCUT2D eigenvalue weighted by molar-refractivity contribution is -0.135. The summed E-state index contributed by atoms with van der Waals surface area (Å²) in [6.07, 6.45) is 0. The predicted molar refractivity (Wildman–Crippen MR) is 86.9 cm³/mol. The highest BCUT2D eigenvalue weighted by Crippen LogP contribution is 2.16. The van der Waals surface area contributed by atoms with E-state index in [2.05, 4.69) is 30.3 Å². The van der Waals surface area contributed by atoms with Crippen LogP contribution in [0.15, 0.2) is 70.9 Å². The molecule has 0 aromatic heterocycles. The van der Waals surface area contributed by atoms with Crippen molar-refractivity contribution in [1.82, 2.24) is 0 Å². The molecule has 0 N–H and O–H groups in total. The summed E-state index contributed by atoms with van der Waals surface area (Å²) in [5, 5.41) is 8.20. The molecule has 0 spiro atoms. The van der Waals surface area contributed by atoms with E-state index in [9.17, 15) is 4.79 Å². The Morgan fingerprint density at radius 2 is 1.29 bits per heavy atom. The Labute approximate surface area is 133 Å². The standard InChI is InChI=1S/C12H10N2.C4H7BrO2/c1-3-7-11(8-4-1)13-14-12-9-5-2-6-10-12;1-3(2)4(6)7-5/h1-10H;3H,1-2H3. The summed E-state index contributed by atoms with van der Waals surface area (Å²) < 4.78 is 4.19. The molecule has 0 atom stereocenters. The van der Waals surface area contributed by atoms with Crippen LogP contribution in [0.2, 0.25) is 0 Å². The van der Waals surface area contributed by atoms with Crippen LogP contribution in [0.3, 0.4) is 0 Å². The summed E-state index contributed by atoms with van der Waals surface area (Å²) in [4.78, 5) is 10.2. The molecule has 0 saturated heterocycles. The summed E-state index contributed by atoms with van der Waals surface area (Å²) >= 11 is 2.57. The topological polar surface area (TPSA) is 51.0 Å². The number of carbonyl (C=O) groups excluding carboxylic acids is 1. The van der Waals surface area contributed by atoms with Crippen LogP contribution in [0.25, 0.3) is 0 Å². The molecule has 0 saturated carbocycles. The van der Waals surface area contributed by atoms with Gasteiger partial charge in [-0.25, -0.2) is 0 Å². The molecule has 110 valence electrons. The van der Waals surface area contributed by atoms with Crippen molar-refractivity contribution in [3.8, 4) is 0 Å². The first-order valence-electron chi connectivity index (χ1n) is 6.47. The molecular formula is C16H17BrN2O2. The van der Waals surface area contributed by atoms with Gasteiger partial charge in [-0.05, 0) is 24.3 Å². The second-order valence-corrected chi connectivity index (χ2v) is 4.75. The van der Waals surface area contributed by atoms with E-state index in [-0.39, 0.29) is 11.9 Å². The number of rotatable bonds is 3. The molecule has 21 heavy (non-hydrogen) atoms. The Bertz CT molecular complexity index is 516. The highest BCUT2D eigenvalue weighted by molar-refractivity contribution is 9.06. The van der Waals surface area contributed by atoms with E-state index in [0.29, 0.717) is 0 Å². The zero-order valence-electron chi connectivity index (χ0n) is 11.9. The summed E-state index contributed by atoms with van der Waals surface area (Å²) in [6.45, 7) is 3.53. The molecule has 0 unspecified atom stereocenters. The van der Waals surface area contributed by atoms with Crippen LogP contribution in [0.1, 0.15) is 13.8 Å². The molecule has 0 bridgehead atoms. The van der Waals surface area contributed by atoms with Gasteiger partial charge in [0.15, 0.2) is 16.3 Å². The Morgan fingerprint density at radius 1 is 0.905 bits per heavy atom. The molecule has 0 heterocycles. The molecule has 2 aromatic carbocycles. The Balaban J connectivity index is 0.000000270. The van der Waals surface area contributed by atoms with E-state index in [4.69, 9.17) is 0 Å². The van der Waals surface area contributed by atoms with Gasteiger partial charge in [0.05, 0.1) is 17.3 Å².